The summed E-state index contributed by atoms with van der Waals surface area (Å²) in [5, 5.41) is 1.23. The fraction of sp³-hybridized carbons (Fsp3) is 0.319. The van der Waals surface area contributed by atoms with Crippen molar-refractivity contribution in [2.45, 2.75) is 96.8 Å². The van der Waals surface area contributed by atoms with Crippen molar-refractivity contribution in [3.63, 3.8) is 0 Å². The second-order valence-electron chi connectivity index (χ2n) is 17.7. The van der Waals surface area contributed by atoms with Gasteiger partial charge in [-0.05, 0) is 143 Å². The van der Waals surface area contributed by atoms with Gasteiger partial charge in [0.05, 0.1) is 11.3 Å². The highest BCUT2D eigenvalue weighted by Gasteiger charge is 2.49. The highest BCUT2D eigenvalue weighted by molar-refractivity contribution is 7.00. The Hall–Kier alpha value is -4.70. The quantitative estimate of drug-likeness (QED) is 0.171. The van der Waals surface area contributed by atoms with Crippen LogP contribution in [-0.4, -0.2) is 6.71 Å². The first-order valence-electron chi connectivity index (χ1n) is 19.1. The number of para-hydroxylation sites is 2. The first-order chi connectivity index (χ1) is 24.4. The van der Waals surface area contributed by atoms with Crippen molar-refractivity contribution in [1.82, 2.24) is 0 Å². The molecular weight excluding hydrogens is 619 g/mol. The predicted molar refractivity (Wildman–Crippen MR) is 216 cm³/mol. The van der Waals surface area contributed by atoms with Gasteiger partial charge < -0.3 is 14.2 Å². The van der Waals surface area contributed by atoms with Crippen LogP contribution in [0.15, 0.2) is 101 Å². The van der Waals surface area contributed by atoms with Gasteiger partial charge in [-0.2, -0.15) is 0 Å². The summed E-state index contributed by atoms with van der Waals surface area (Å²) >= 11 is 0. The molecule has 4 aliphatic rings. The summed E-state index contributed by atoms with van der Waals surface area (Å²) in [6.45, 7) is 16.8. The molecule has 0 bridgehead atoms. The lowest BCUT2D eigenvalue weighted by atomic mass is 9.35. The number of benzene rings is 5. The van der Waals surface area contributed by atoms with Crippen molar-refractivity contribution in [3.05, 3.63) is 125 Å². The van der Waals surface area contributed by atoms with E-state index in [1.807, 2.05) is 0 Å². The second-order valence-corrected chi connectivity index (χ2v) is 17.7. The number of rotatable bonds is 2. The summed E-state index contributed by atoms with van der Waals surface area (Å²) in [6, 6.07) is 36.8. The van der Waals surface area contributed by atoms with Crippen molar-refractivity contribution in [2.75, 3.05) is 9.80 Å². The number of nitrogens with zero attached hydrogens (tertiary/aromatic N) is 2. The smallest absolute Gasteiger partial charge is 0.297 e. The third-order valence-electron chi connectivity index (χ3n) is 13.1. The molecule has 0 unspecified atom stereocenters. The van der Waals surface area contributed by atoms with Gasteiger partial charge in [0.1, 0.15) is 5.58 Å². The molecule has 10 rings (SSSR count). The first kappa shape index (κ1) is 31.1. The number of anilines is 6. The molecule has 0 radical (unpaired) electrons. The standard InChI is InChI=1S/C47H47BN2O/c1-29-15-11-12-19-37(29)50-39-21-13-20-38-42(39)48(36-26-34-35(27-40(36)50)47(6,7)24-23-46(34,4)5)44-43(49(38)31-17-9-8-10-18-31)32-25-30-16-14-22-45(2,3)33(30)28-41(32)51-44/h8-13,15,17-21,25-28H,14,16,22-24H2,1-7H3. The van der Waals surface area contributed by atoms with Gasteiger partial charge in [-0.25, -0.2) is 0 Å². The number of hydrogen-bond acceptors (Lipinski definition) is 3. The summed E-state index contributed by atoms with van der Waals surface area (Å²) in [4.78, 5) is 5.07. The lowest BCUT2D eigenvalue weighted by Crippen LogP contribution is -2.61. The molecule has 51 heavy (non-hydrogen) atoms. The first-order valence-corrected chi connectivity index (χ1v) is 19.1. The van der Waals surface area contributed by atoms with Gasteiger partial charge in [0.15, 0.2) is 0 Å². The Labute approximate surface area is 303 Å². The second kappa shape index (κ2) is 10.4. The van der Waals surface area contributed by atoms with Crippen LogP contribution in [0, 0.1) is 6.92 Å². The number of aryl methyl sites for hydroxylation is 2. The molecule has 3 heterocycles. The Morgan fingerprint density at radius 2 is 1.25 bits per heavy atom. The number of fused-ring (bicyclic) bond motifs is 8. The van der Waals surface area contributed by atoms with E-state index in [0.29, 0.717) is 0 Å². The van der Waals surface area contributed by atoms with Gasteiger partial charge in [0.2, 0.25) is 0 Å². The van der Waals surface area contributed by atoms with Crippen LogP contribution in [0.4, 0.5) is 34.1 Å². The summed E-state index contributed by atoms with van der Waals surface area (Å²) in [7, 11) is 0. The molecule has 4 heteroatoms. The summed E-state index contributed by atoms with van der Waals surface area (Å²) in [5.41, 5.74) is 19.5. The highest BCUT2D eigenvalue weighted by atomic mass is 16.3. The van der Waals surface area contributed by atoms with Gasteiger partial charge >= 0.3 is 0 Å². The van der Waals surface area contributed by atoms with Crippen molar-refractivity contribution in [1.29, 1.82) is 0 Å². The Bertz CT molecular complexity index is 2420. The molecule has 0 fully saturated rings. The Kier molecular flexibility index (Phi) is 6.36. The van der Waals surface area contributed by atoms with Crippen LogP contribution >= 0.6 is 0 Å². The summed E-state index contributed by atoms with van der Waals surface area (Å²) in [5.74, 6) is 0. The van der Waals surface area contributed by atoms with Crippen LogP contribution in [-0.2, 0) is 22.7 Å². The topological polar surface area (TPSA) is 19.6 Å². The summed E-state index contributed by atoms with van der Waals surface area (Å²) in [6.07, 6.45) is 5.91. The van der Waals surface area contributed by atoms with Gasteiger partial charge in [0.25, 0.3) is 6.71 Å². The monoisotopic (exact) mass is 666 g/mol. The van der Waals surface area contributed by atoms with Crippen molar-refractivity contribution < 1.29 is 4.42 Å². The normalized spacial score (nSPS) is 18.8. The van der Waals surface area contributed by atoms with E-state index in [0.717, 1.165) is 23.4 Å². The number of hydrogen-bond donors (Lipinski definition) is 0. The van der Waals surface area contributed by atoms with E-state index in [1.165, 1.54) is 98.2 Å². The van der Waals surface area contributed by atoms with Crippen LogP contribution in [0.25, 0.3) is 11.0 Å². The zero-order valence-corrected chi connectivity index (χ0v) is 31.2. The van der Waals surface area contributed by atoms with Gasteiger partial charge in [-0.15, -0.1) is 0 Å². The van der Waals surface area contributed by atoms with Crippen molar-refractivity contribution in [3.8, 4) is 0 Å². The fourth-order valence-corrected chi connectivity index (χ4v) is 10.2. The van der Waals surface area contributed by atoms with Crippen LogP contribution in [0.5, 0.6) is 0 Å². The number of furan rings is 1. The Morgan fingerprint density at radius 1 is 0.608 bits per heavy atom. The zero-order chi connectivity index (χ0) is 35.0. The largest absolute Gasteiger partial charge is 0.468 e. The molecule has 6 aromatic rings. The lowest BCUT2D eigenvalue weighted by molar-refractivity contribution is 0.332. The third kappa shape index (κ3) is 4.32. The molecule has 0 spiro atoms. The Morgan fingerprint density at radius 3 is 2.00 bits per heavy atom. The van der Waals surface area contributed by atoms with Crippen LogP contribution in [0.1, 0.15) is 95.0 Å². The lowest BCUT2D eigenvalue weighted by Gasteiger charge is -2.46. The van der Waals surface area contributed by atoms with E-state index < -0.39 is 0 Å². The summed E-state index contributed by atoms with van der Waals surface area (Å²) < 4.78 is 7.35. The minimum absolute atomic E-state index is 0.0370. The molecule has 1 aromatic heterocycles. The molecule has 0 amide bonds. The molecule has 2 aliphatic heterocycles. The SMILES string of the molecule is Cc1ccccc1N1c2cc3c(cc2B2c4oc5cc6c(cc5c4N(c4ccccc4)c4cccc1c42)CCCC6(C)C)C(C)(C)CCC3(C)C. The average molecular weight is 667 g/mol. The van der Waals surface area contributed by atoms with Gasteiger partial charge in [0, 0.05) is 33.8 Å². The molecule has 254 valence electrons. The predicted octanol–water partition coefficient (Wildman–Crippen LogP) is 10.8. The molecule has 0 saturated heterocycles. The van der Waals surface area contributed by atoms with Gasteiger partial charge in [-0.1, -0.05) is 90.1 Å². The van der Waals surface area contributed by atoms with Crippen LogP contribution in [0.3, 0.4) is 0 Å². The maximum atomic E-state index is 7.35. The van der Waals surface area contributed by atoms with Gasteiger partial charge in [-0.3, -0.25) is 0 Å². The molecule has 0 N–H and O–H groups in total. The molecule has 0 atom stereocenters. The maximum absolute atomic E-state index is 7.35. The van der Waals surface area contributed by atoms with E-state index in [4.69, 9.17) is 4.42 Å². The van der Waals surface area contributed by atoms with E-state index in [9.17, 15) is 0 Å². The zero-order valence-electron chi connectivity index (χ0n) is 31.2. The molecule has 0 saturated carbocycles. The van der Waals surface area contributed by atoms with E-state index in [-0.39, 0.29) is 23.0 Å². The average Bonchev–Trinajstić information content (AvgIpc) is 3.48. The molecular formula is C47H47BN2O. The molecule has 2 aliphatic carbocycles. The van der Waals surface area contributed by atoms with E-state index in [1.54, 1.807) is 0 Å². The molecule has 5 aromatic carbocycles. The van der Waals surface area contributed by atoms with Crippen molar-refractivity contribution in [2.24, 2.45) is 0 Å². The van der Waals surface area contributed by atoms with Crippen LogP contribution in [0.2, 0.25) is 0 Å². The third-order valence-corrected chi connectivity index (χ3v) is 13.1. The maximum Gasteiger partial charge on any atom is 0.297 e. The Balaban J connectivity index is 1.34. The van der Waals surface area contributed by atoms with Crippen LogP contribution < -0.4 is 26.4 Å². The van der Waals surface area contributed by atoms with E-state index >= 15 is 0 Å². The minimum Gasteiger partial charge on any atom is -0.468 e. The fourth-order valence-electron chi connectivity index (χ4n) is 10.2. The van der Waals surface area contributed by atoms with Crippen molar-refractivity contribution >= 4 is 68.4 Å². The molecule has 3 nitrogen and oxygen atoms in total. The highest BCUT2D eigenvalue weighted by Crippen LogP contribution is 2.52. The minimum atomic E-state index is -0.0370. The van der Waals surface area contributed by atoms with E-state index in [2.05, 4.69) is 155 Å².